The van der Waals surface area contributed by atoms with E-state index in [1.807, 2.05) is 0 Å². The fourth-order valence-electron chi connectivity index (χ4n) is 3.36. The molecule has 2 aliphatic rings. The maximum atomic E-state index is 3.74. The van der Waals surface area contributed by atoms with Crippen molar-refractivity contribution < 1.29 is 0 Å². The molecule has 2 nitrogen and oxygen atoms in total. The number of likely N-dealkylation sites (tertiary alicyclic amines) is 1. The average Bonchev–Trinajstić information content (AvgIpc) is 2.26. The second-order valence-electron chi connectivity index (χ2n) is 7.10. The van der Waals surface area contributed by atoms with E-state index < -0.39 is 0 Å². The number of nitrogens with one attached hydrogen (secondary N) is 1. The SMILES string of the molecule is CC1CCN(CC2NCCCC2(C)C)CC1C. The maximum Gasteiger partial charge on any atom is 0.0246 e. The van der Waals surface area contributed by atoms with Crippen LogP contribution in [0.2, 0.25) is 0 Å². The summed E-state index contributed by atoms with van der Waals surface area (Å²) in [6.45, 7) is 14.8. The third-order valence-corrected chi connectivity index (χ3v) is 5.19. The van der Waals surface area contributed by atoms with Crippen LogP contribution >= 0.6 is 0 Å². The number of hydrogen-bond acceptors (Lipinski definition) is 2. The molecule has 17 heavy (non-hydrogen) atoms. The van der Waals surface area contributed by atoms with Crippen LogP contribution < -0.4 is 5.32 Å². The predicted octanol–water partition coefficient (Wildman–Crippen LogP) is 2.74. The Morgan fingerprint density at radius 2 is 2.00 bits per heavy atom. The Hall–Kier alpha value is -0.0800. The fourth-order valence-corrected chi connectivity index (χ4v) is 3.36. The highest BCUT2D eigenvalue weighted by atomic mass is 15.2. The van der Waals surface area contributed by atoms with Crippen LogP contribution in [0.4, 0.5) is 0 Å². The van der Waals surface area contributed by atoms with Crippen LogP contribution in [0, 0.1) is 17.3 Å². The summed E-state index contributed by atoms with van der Waals surface area (Å²) in [4.78, 5) is 2.69. The second kappa shape index (κ2) is 5.27. The molecule has 0 bridgehead atoms. The van der Waals surface area contributed by atoms with E-state index in [4.69, 9.17) is 0 Å². The minimum Gasteiger partial charge on any atom is -0.312 e. The molecule has 3 atom stereocenters. The predicted molar refractivity (Wildman–Crippen MR) is 74.2 cm³/mol. The molecule has 2 heterocycles. The van der Waals surface area contributed by atoms with E-state index in [0.717, 1.165) is 11.8 Å². The Balaban J connectivity index is 1.88. The lowest BCUT2D eigenvalue weighted by atomic mass is 9.77. The number of nitrogens with zero attached hydrogens (tertiary/aromatic N) is 1. The quantitative estimate of drug-likeness (QED) is 0.796. The Morgan fingerprint density at radius 1 is 1.24 bits per heavy atom. The topological polar surface area (TPSA) is 15.3 Å². The lowest BCUT2D eigenvalue weighted by molar-refractivity contribution is 0.0829. The highest BCUT2D eigenvalue weighted by molar-refractivity contribution is 4.91. The summed E-state index contributed by atoms with van der Waals surface area (Å²) in [5.74, 6) is 1.79. The third kappa shape index (κ3) is 3.23. The van der Waals surface area contributed by atoms with Gasteiger partial charge in [-0.05, 0) is 49.6 Å². The van der Waals surface area contributed by atoms with Crippen LogP contribution in [0.25, 0.3) is 0 Å². The molecule has 0 amide bonds. The molecule has 2 fully saturated rings. The molecule has 0 aromatic rings. The first-order chi connectivity index (χ1) is 7.99. The number of hydrogen-bond donors (Lipinski definition) is 1. The van der Waals surface area contributed by atoms with Crippen molar-refractivity contribution in [2.45, 2.75) is 53.0 Å². The number of piperidine rings is 2. The molecule has 0 aromatic heterocycles. The van der Waals surface area contributed by atoms with Gasteiger partial charge in [-0.2, -0.15) is 0 Å². The summed E-state index contributed by atoms with van der Waals surface area (Å²) in [6, 6.07) is 0.692. The first kappa shape index (κ1) is 13.4. The van der Waals surface area contributed by atoms with Gasteiger partial charge in [0, 0.05) is 19.1 Å². The van der Waals surface area contributed by atoms with Crippen LogP contribution in [-0.4, -0.2) is 37.1 Å². The molecular weight excluding hydrogens is 208 g/mol. The zero-order valence-corrected chi connectivity index (χ0v) is 12.1. The Morgan fingerprint density at radius 3 is 2.65 bits per heavy atom. The van der Waals surface area contributed by atoms with Gasteiger partial charge in [-0.1, -0.05) is 27.7 Å². The summed E-state index contributed by atoms with van der Waals surface area (Å²) in [6.07, 6.45) is 4.11. The van der Waals surface area contributed by atoms with Crippen molar-refractivity contribution >= 4 is 0 Å². The molecule has 2 saturated heterocycles. The second-order valence-corrected chi connectivity index (χ2v) is 7.10. The molecule has 0 saturated carbocycles. The van der Waals surface area contributed by atoms with Gasteiger partial charge in [0.15, 0.2) is 0 Å². The van der Waals surface area contributed by atoms with Gasteiger partial charge in [0.05, 0.1) is 0 Å². The fraction of sp³-hybridized carbons (Fsp3) is 1.00. The van der Waals surface area contributed by atoms with E-state index in [1.54, 1.807) is 0 Å². The lowest BCUT2D eigenvalue weighted by Crippen LogP contribution is -2.54. The van der Waals surface area contributed by atoms with Crippen molar-refractivity contribution in [1.82, 2.24) is 10.2 Å². The van der Waals surface area contributed by atoms with Gasteiger partial charge < -0.3 is 10.2 Å². The highest BCUT2D eigenvalue weighted by Gasteiger charge is 2.34. The van der Waals surface area contributed by atoms with Gasteiger partial charge in [0.1, 0.15) is 0 Å². The van der Waals surface area contributed by atoms with Gasteiger partial charge in [-0.15, -0.1) is 0 Å². The molecular formula is C15H30N2. The molecule has 0 spiro atoms. The minimum atomic E-state index is 0.477. The molecule has 2 rings (SSSR count). The van der Waals surface area contributed by atoms with Crippen molar-refractivity contribution in [3.63, 3.8) is 0 Å². The third-order valence-electron chi connectivity index (χ3n) is 5.19. The van der Waals surface area contributed by atoms with Crippen molar-refractivity contribution in [2.75, 3.05) is 26.2 Å². The molecule has 0 aliphatic carbocycles. The Bertz CT molecular complexity index is 249. The molecule has 2 aliphatic heterocycles. The van der Waals surface area contributed by atoms with Crippen LogP contribution in [0.5, 0.6) is 0 Å². The zero-order chi connectivity index (χ0) is 12.5. The first-order valence-electron chi connectivity index (χ1n) is 7.45. The Kier molecular flexibility index (Phi) is 4.14. The van der Waals surface area contributed by atoms with Crippen molar-refractivity contribution in [3.05, 3.63) is 0 Å². The molecule has 1 N–H and O–H groups in total. The van der Waals surface area contributed by atoms with Gasteiger partial charge in [0.25, 0.3) is 0 Å². The lowest BCUT2D eigenvalue weighted by Gasteiger charge is -2.44. The van der Waals surface area contributed by atoms with Crippen LogP contribution in [0.15, 0.2) is 0 Å². The summed E-state index contributed by atoms with van der Waals surface area (Å²) in [5.41, 5.74) is 0.477. The van der Waals surface area contributed by atoms with Gasteiger partial charge in [0.2, 0.25) is 0 Å². The van der Waals surface area contributed by atoms with Crippen LogP contribution in [-0.2, 0) is 0 Å². The van der Waals surface area contributed by atoms with E-state index in [1.165, 1.54) is 45.4 Å². The van der Waals surface area contributed by atoms with Crippen molar-refractivity contribution in [3.8, 4) is 0 Å². The first-order valence-corrected chi connectivity index (χ1v) is 7.45. The molecule has 0 radical (unpaired) electrons. The highest BCUT2D eigenvalue weighted by Crippen LogP contribution is 2.31. The molecule has 3 unspecified atom stereocenters. The average molecular weight is 238 g/mol. The van der Waals surface area contributed by atoms with Crippen LogP contribution in [0.3, 0.4) is 0 Å². The summed E-state index contributed by atoms with van der Waals surface area (Å²) >= 11 is 0. The largest absolute Gasteiger partial charge is 0.312 e. The van der Waals surface area contributed by atoms with Gasteiger partial charge >= 0.3 is 0 Å². The summed E-state index contributed by atoms with van der Waals surface area (Å²) in [5, 5.41) is 3.74. The van der Waals surface area contributed by atoms with E-state index in [2.05, 4.69) is 37.9 Å². The van der Waals surface area contributed by atoms with Gasteiger partial charge in [-0.3, -0.25) is 0 Å². The zero-order valence-electron chi connectivity index (χ0n) is 12.1. The summed E-state index contributed by atoms with van der Waals surface area (Å²) in [7, 11) is 0. The van der Waals surface area contributed by atoms with Crippen molar-refractivity contribution in [2.24, 2.45) is 17.3 Å². The number of rotatable bonds is 2. The van der Waals surface area contributed by atoms with Crippen molar-refractivity contribution in [1.29, 1.82) is 0 Å². The van der Waals surface area contributed by atoms with E-state index >= 15 is 0 Å². The van der Waals surface area contributed by atoms with E-state index in [0.29, 0.717) is 11.5 Å². The van der Waals surface area contributed by atoms with E-state index in [9.17, 15) is 0 Å². The van der Waals surface area contributed by atoms with Gasteiger partial charge in [-0.25, -0.2) is 0 Å². The normalized spacial score (nSPS) is 39.2. The Labute approximate surface area is 107 Å². The smallest absolute Gasteiger partial charge is 0.0246 e. The van der Waals surface area contributed by atoms with Crippen LogP contribution in [0.1, 0.15) is 47.0 Å². The standard InChI is InChI=1S/C15H30N2/c1-12-6-9-17(10-13(12)2)11-14-15(3,4)7-5-8-16-14/h12-14,16H,5-11H2,1-4H3. The summed E-state index contributed by atoms with van der Waals surface area (Å²) < 4.78 is 0. The maximum absolute atomic E-state index is 3.74. The monoisotopic (exact) mass is 238 g/mol. The van der Waals surface area contributed by atoms with E-state index in [-0.39, 0.29) is 0 Å². The molecule has 0 aromatic carbocycles. The molecule has 100 valence electrons. The molecule has 2 heteroatoms. The minimum absolute atomic E-state index is 0.477.